The molecule has 3 unspecified atom stereocenters. The van der Waals surface area contributed by atoms with Crippen LogP contribution in [0.3, 0.4) is 0 Å². The van der Waals surface area contributed by atoms with Gasteiger partial charge in [-0.05, 0) is 49.9 Å². The van der Waals surface area contributed by atoms with Gasteiger partial charge in [0.2, 0.25) is 5.91 Å². The summed E-state index contributed by atoms with van der Waals surface area (Å²) in [6, 6.07) is 0.346. The number of rotatable bonds is 4. The molecule has 1 amide bonds. The maximum absolute atomic E-state index is 12.9. The van der Waals surface area contributed by atoms with E-state index in [-0.39, 0.29) is 24.4 Å². The highest BCUT2D eigenvalue weighted by Crippen LogP contribution is 2.42. The fraction of sp³-hybridized carbons (Fsp3) is 0.944. The van der Waals surface area contributed by atoms with E-state index in [1.54, 1.807) is 0 Å². The molecule has 2 N–H and O–H groups in total. The number of nitrogens with zero attached hydrogens (tertiary/aromatic N) is 1. The quantitative estimate of drug-likeness (QED) is 0.853. The molecule has 134 valence electrons. The number of carbonyl (C=O) groups excluding carboxylic acids is 1. The van der Waals surface area contributed by atoms with Crippen LogP contribution in [-0.2, 0) is 9.53 Å². The van der Waals surface area contributed by atoms with E-state index < -0.39 is 0 Å². The van der Waals surface area contributed by atoms with E-state index in [0.717, 1.165) is 39.0 Å². The molecule has 3 fully saturated rings. The molecule has 1 saturated heterocycles. The van der Waals surface area contributed by atoms with Gasteiger partial charge in [-0.25, -0.2) is 0 Å². The molecule has 3 rings (SSSR count). The molecule has 0 aromatic carbocycles. The molecule has 2 saturated carbocycles. The number of ether oxygens (including phenoxy) is 1. The van der Waals surface area contributed by atoms with Gasteiger partial charge < -0.3 is 15.4 Å². The number of likely N-dealkylation sites (tertiary alicyclic amines) is 1. The van der Waals surface area contributed by atoms with Crippen molar-refractivity contribution in [3.8, 4) is 0 Å². The molecule has 4 nitrogen and oxygen atoms in total. The highest BCUT2D eigenvalue weighted by atomic mass is 35.5. The fourth-order valence-electron chi connectivity index (χ4n) is 4.64. The van der Waals surface area contributed by atoms with E-state index in [9.17, 15) is 4.79 Å². The van der Waals surface area contributed by atoms with Gasteiger partial charge in [0.1, 0.15) is 0 Å². The lowest BCUT2D eigenvalue weighted by molar-refractivity contribution is -0.138. The first kappa shape index (κ1) is 19.0. The van der Waals surface area contributed by atoms with Crippen molar-refractivity contribution in [3.05, 3.63) is 0 Å². The normalized spacial score (nSPS) is 36.9. The van der Waals surface area contributed by atoms with E-state index in [1.165, 1.54) is 19.3 Å². The Bertz CT molecular complexity index is 390. The Kier molecular flexibility index (Phi) is 6.76. The molecule has 2 aliphatic carbocycles. The van der Waals surface area contributed by atoms with Gasteiger partial charge >= 0.3 is 0 Å². The maximum atomic E-state index is 12.9. The monoisotopic (exact) mass is 344 g/mol. The Balaban J connectivity index is 0.00000192. The lowest BCUT2D eigenvalue weighted by Gasteiger charge is -2.44. The van der Waals surface area contributed by atoms with Gasteiger partial charge in [0.05, 0.1) is 6.10 Å². The molecule has 0 radical (unpaired) electrons. The second kappa shape index (κ2) is 8.17. The Morgan fingerprint density at radius 1 is 1.22 bits per heavy atom. The molecule has 0 spiro atoms. The van der Waals surface area contributed by atoms with E-state index in [0.29, 0.717) is 29.7 Å². The number of carbonyl (C=O) groups is 1. The minimum atomic E-state index is 0. The van der Waals surface area contributed by atoms with E-state index in [1.807, 2.05) is 0 Å². The topological polar surface area (TPSA) is 55.6 Å². The average molecular weight is 345 g/mol. The van der Waals surface area contributed by atoms with Gasteiger partial charge in [-0.1, -0.05) is 20.3 Å². The average Bonchev–Trinajstić information content (AvgIpc) is 2.93. The number of halogens is 1. The number of hydrogen-bond donors (Lipinski definition) is 1. The number of amides is 1. The summed E-state index contributed by atoms with van der Waals surface area (Å²) in [4.78, 5) is 14.9. The van der Waals surface area contributed by atoms with Crippen LogP contribution < -0.4 is 5.73 Å². The zero-order valence-corrected chi connectivity index (χ0v) is 15.4. The third kappa shape index (κ3) is 4.40. The SMILES string of the molecule is CC(C)COC1CCN(C(=O)C2CC3CCCC(C2)C3N)C1.Cl. The van der Waals surface area contributed by atoms with Crippen molar-refractivity contribution in [2.45, 2.75) is 64.5 Å². The number of fused-ring (bicyclic) bond motifs is 2. The van der Waals surface area contributed by atoms with Gasteiger partial charge in [0.25, 0.3) is 0 Å². The van der Waals surface area contributed by atoms with Crippen LogP contribution in [0, 0.1) is 23.7 Å². The molecule has 3 atom stereocenters. The van der Waals surface area contributed by atoms with Crippen molar-refractivity contribution in [2.75, 3.05) is 19.7 Å². The van der Waals surface area contributed by atoms with Crippen LogP contribution in [-0.4, -0.2) is 42.6 Å². The lowest BCUT2D eigenvalue weighted by Crippen LogP contribution is -2.49. The van der Waals surface area contributed by atoms with E-state index >= 15 is 0 Å². The molecule has 23 heavy (non-hydrogen) atoms. The molecule has 1 heterocycles. The molecule has 3 aliphatic rings. The second-order valence-corrected chi connectivity index (χ2v) is 8.12. The van der Waals surface area contributed by atoms with Crippen molar-refractivity contribution >= 4 is 18.3 Å². The fourth-order valence-corrected chi connectivity index (χ4v) is 4.64. The molecular weight excluding hydrogens is 312 g/mol. The molecule has 2 bridgehead atoms. The van der Waals surface area contributed by atoms with Crippen LogP contribution in [0.4, 0.5) is 0 Å². The standard InChI is InChI=1S/C18H32N2O2.ClH/c1-12(2)11-22-16-6-7-20(10-16)18(21)15-8-13-4-3-5-14(9-15)17(13)19;/h12-17H,3-11,19H2,1-2H3;1H. The van der Waals surface area contributed by atoms with Gasteiger partial charge in [-0.3, -0.25) is 4.79 Å². The Labute approximate surface area is 146 Å². The van der Waals surface area contributed by atoms with Crippen LogP contribution in [0.15, 0.2) is 0 Å². The maximum Gasteiger partial charge on any atom is 0.225 e. The van der Waals surface area contributed by atoms with Crippen molar-refractivity contribution in [1.29, 1.82) is 0 Å². The zero-order valence-electron chi connectivity index (χ0n) is 14.6. The van der Waals surface area contributed by atoms with Crippen LogP contribution in [0.1, 0.15) is 52.4 Å². The third-order valence-corrected chi connectivity index (χ3v) is 5.88. The Morgan fingerprint density at radius 3 is 2.48 bits per heavy atom. The summed E-state index contributed by atoms with van der Waals surface area (Å²) in [6.45, 7) is 6.81. The van der Waals surface area contributed by atoms with Crippen LogP contribution in [0.25, 0.3) is 0 Å². The molecule has 0 aromatic rings. The van der Waals surface area contributed by atoms with Gasteiger partial charge in [-0.2, -0.15) is 0 Å². The summed E-state index contributed by atoms with van der Waals surface area (Å²) < 4.78 is 5.91. The first-order valence-electron chi connectivity index (χ1n) is 9.20. The highest BCUT2D eigenvalue weighted by Gasteiger charge is 2.42. The van der Waals surface area contributed by atoms with Gasteiger partial charge in [-0.15, -0.1) is 12.4 Å². The lowest BCUT2D eigenvalue weighted by atomic mass is 9.65. The predicted octanol–water partition coefficient (Wildman–Crippen LogP) is 2.84. The summed E-state index contributed by atoms with van der Waals surface area (Å²) in [5, 5.41) is 0. The summed E-state index contributed by atoms with van der Waals surface area (Å²) in [5.41, 5.74) is 6.35. The largest absolute Gasteiger partial charge is 0.376 e. The Morgan fingerprint density at radius 2 is 1.87 bits per heavy atom. The van der Waals surface area contributed by atoms with Crippen molar-refractivity contribution in [1.82, 2.24) is 4.90 Å². The predicted molar refractivity (Wildman–Crippen MR) is 94.6 cm³/mol. The summed E-state index contributed by atoms with van der Waals surface area (Å²) >= 11 is 0. The van der Waals surface area contributed by atoms with Gasteiger partial charge in [0.15, 0.2) is 0 Å². The van der Waals surface area contributed by atoms with Gasteiger partial charge in [0, 0.05) is 31.7 Å². The third-order valence-electron chi connectivity index (χ3n) is 5.88. The number of hydrogen-bond acceptors (Lipinski definition) is 3. The molecule has 0 aromatic heterocycles. The summed E-state index contributed by atoms with van der Waals surface area (Å²) in [7, 11) is 0. The van der Waals surface area contributed by atoms with Crippen molar-refractivity contribution in [2.24, 2.45) is 29.4 Å². The van der Waals surface area contributed by atoms with Crippen LogP contribution in [0.2, 0.25) is 0 Å². The highest BCUT2D eigenvalue weighted by molar-refractivity contribution is 5.85. The minimum absolute atomic E-state index is 0. The van der Waals surface area contributed by atoms with E-state index in [2.05, 4.69) is 18.7 Å². The zero-order chi connectivity index (χ0) is 15.7. The smallest absolute Gasteiger partial charge is 0.225 e. The number of nitrogens with two attached hydrogens (primary N) is 1. The summed E-state index contributed by atoms with van der Waals surface area (Å²) in [5.74, 6) is 2.32. The Hall–Kier alpha value is -0.320. The first-order chi connectivity index (χ1) is 10.5. The summed E-state index contributed by atoms with van der Waals surface area (Å²) in [6.07, 6.45) is 7.03. The molecule has 5 heteroatoms. The van der Waals surface area contributed by atoms with Crippen LogP contribution >= 0.6 is 12.4 Å². The van der Waals surface area contributed by atoms with Crippen molar-refractivity contribution < 1.29 is 9.53 Å². The first-order valence-corrected chi connectivity index (χ1v) is 9.20. The molecular formula is C18H33ClN2O2. The van der Waals surface area contributed by atoms with Crippen molar-refractivity contribution in [3.63, 3.8) is 0 Å². The van der Waals surface area contributed by atoms with Crippen LogP contribution in [0.5, 0.6) is 0 Å². The van der Waals surface area contributed by atoms with E-state index in [4.69, 9.17) is 10.5 Å². The molecule has 1 aliphatic heterocycles. The second-order valence-electron chi connectivity index (χ2n) is 8.12. The minimum Gasteiger partial charge on any atom is -0.376 e.